The highest BCUT2D eigenvalue weighted by atomic mass is 32.1. The number of methoxy groups -OCH3 is 1. The van der Waals surface area contributed by atoms with E-state index in [4.69, 9.17) is 17.0 Å². The van der Waals surface area contributed by atoms with Gasteiger partial charge in [-0.1, -0.05) is 30.3 Å². The van der Waals surface area contributed by atoms with Gasteiger partial charge < -0.3 is 19.9 Å². The van der Waals surface area contributed by atoms with Crippen LogP contribution in [-0.4, -0.2) is 55.6 Å². The zero-order chi connectivity index (χ0) is 25.7. The van der Waals surface area contributed by atoms with Gasteiger partial charge in [-0.05, 0) is 72.7 Å². The fourth-order valence-electron chi connectivity index (χ4n) is 4.18. The molecule has 186 valence electrons. The lowest BCUT2D eigenvalue weighted by Crippen LogP contribution is -2.39. The number of anilines is 3. The molecule has 1 fully saturated rings. The smallest absolute Gasteiger partial charge is 0.256 e. The van der Waals surface area contributed by atoms with Gasteiger partial charge in [-0.15, -0.1) is 0 Å². The Balaban J connectivity index is 1.54. The Morgan fingerprint density at radius 3 is 2.28 bits per heavy atom. The molecule has 4 rings (SSSR count). The number of nitrogens with one attached hydrogen (secondary N) is 1. The number of hydrogen-bond donors (Lipinski definition) is 1. The molecule has 3 aromatic rings. The largest absolute Gasteiger partial charge is 0.497 e. The maximum absolute atomic E-state index is 13.6. The van der Waals surface area contributed by atoms with E-state index < -0.39 is 6.04 Å². The van der Waals surface area contributed by atoms with Crippen LogP contribution in [0.4, 0.5) is 17.1 Å². The summed E-state index contributed by atoms with van der Waals surface area (Å²) in [5.74, 6) is 0.249. The third-order valence-electron chi connectivity index (χ3n) is 6.18. The molecule has 2 amide bonds. The van der Waals surface area contributed by atoms with Gasteiger partial charge >= 0.3 is 0 Å². The summed E-state index contributed by atoms with van der Waals surface area (Å²) in [6.45, 7) is 0.529. The van der Waals surface area contributed by atoms with Crippen molar-refractivity contribution < 1.29 is 14.3 Å². The second-order valence-corrected chi connectivity index (χ2v) is 9.16. The Labute approximate surface area is 217 Å². The lowest BCUT2D eigenvalue weighted by molar-refractivity contribution is -0.124. The molecular formula is C28H30N4O3S. The minimum Gasteiger partial charge on any atom is -0.497 e. The average molecular weight is 503 g/mol. The van der Waals surface area contributed by atoms with Crippen molar-refractivity contribution in [2.75, 3.05) is 42.9 Å². The number of carbonyl (C=O) groups excluding carboxylic acids is 2. The first-order chi connectivity index (χ1) is 17.4. The van der Waals surface area contributed by atoms with Gasteiger partial charge in [-0.3, -0.25) is 14.5 Å². The van der Waals surface area contributed by atoms with E-state index in [0.717, 1.165) is 11.3 Å². The number of amides is 2. The molecule has 1 saturated heterocycles. The van der Waals surface area contributed by atoms with Crippen LogP contribution in [0.2, 0.25) is 0 Å². The number of rotatable bonds is 9. The molecule has 0 unspecified atom stereocenters. The maximum Gasteiger partial charge on any atom is 0.256 e. The summed E-state index contributed by atoms with van der Waals surface area (Å²) in [5.41, 5.74) is 3.50. The lowest BCUT2D eigenvalue weighted by Gasteiger charge is -2.24. The highest BCUT2D eigenvalue weighted by Crippen LogP contribution is 2.29. The molecule has 1 aliphatic heterocycles. The SMILES string of the molecule is COc1ccc(NC(=O)C[C@H]2C(=O)N(c3ccc(N(C)C)cc3)C(=S)N2CCc2ccccc2)cc1. The van der Waals surface area contributed by atoms with Crippen LogP contribution >= 0.6 is 12.2 Å². The average Bonchev–Trinajstić information content (AvgIpc) is 3.12. The number of nitrogens with zero attached hydrogens (tertiary/aromatic N) is 3. The van der Waals surface area contributed by atoms with Gasteiger partial charge in [0.1, 0.15) is 11.8 Å². The Morgan fingerprint density at radius 1 is 1.00 bits per heavy atom. The van der Waals surface area contributed by atoms with Crippen molar-refractivity contribution in [2.24, 2.45) is 0 Å². The first-order valence-corrected chi connectivity index (χ1v) is 12.2. The van der Waals surface area contributed by atoms with E-state index in [1.54, 1.807) is 36.3 Å². The summed E-state index contributed by atoms with van der Waals surface area (Å²) < 4.78 is 5.17. The molecule has 1 aliphatic rings. The van der Waals surface area contributed by atoms with Crippen LogP contribution in [0.15, 0.2) is 78.9 Å². The number of thiocarbonyl (C=S) groups is 1. The third kappa shape index (κ3) is 5.66. The van der Waals surface area contributed by atoms with E-state index in [2.05, 4.69) is 5.32 Å². The standard InChI is InChI=1S/C28H30N4O3S/c1-30(2)22-11-13-23(14-12-22)32-27(34)25(19-26(33)29-21-9-15-24(35-3)16-10-21)31(28(32)36)18-17-20-7-5-4-6-8-20/h4-16,25H,17-19H2,1-3H3,(H,29,33)/t25-/m0/s1. The minimum absolute atomic E-state index is 0.00786. The summed E-state index contributed by atoms with van der Waals surface area (Å²) in [5, 5.41) is 3.30. The monoisotopic (exact) mass is 502 g/mol. The van der Waals surface area contributed by atoms with Gasteiger partial charge in [0, 0.05) is 32.0 Å². The zero-order valence-corrected chi connectivity index (χ0v) is 21.5. The number of ether oxygens (including phenoxy) is 1. The van der Waals surface area contributed by atoms with E-state index in [1.807, 2.05) is 78.5 Å². The second-order valence-electron chi connectivity index (χ2n) is 8.79. The lowest BCUT2D eigenvalue weighted by atomic mass is 10.1. The van der Waals surface area contributed by atoms with Crippen LogP contribution < -0.4 is 19.9 Å². The molecule has 36 heavy (non-hydrogen) atoms. The molecule has 0 spiro atoms. The van der Waals surface area contributed by atoms with Crippen LogP contribution in [0.3, 0.4) is 0 Å². The molecule has 1 N–H and O–H groups in total. The molecule has 0 aliphatic carbocycles. The molecule has 0 radical (unpaired) electrons. The normalized spacial score (nSPS) is 15.2. The molecule has 3 aromatic carbocycles. The molecule has 0 saturated carbocycles. The number of hydrogen-bond acceptors (Lipinski definition) is 5. The Kier molecular flexibility index (Phi) is 7.85. The number of carbonyl (C=O) groups is 2. The number of benzene rings is 3. The van der Waals surface area contributed by atoms with Crippen molar-refractivity contribution in [3.8, 4) is 5.75 Å². The highest BCUT2D eigenvalue weighted by molar-refractivity contribution is 7.80. The van der Waals surface area contributed by atoms with Gasteiger partial charge in [-0.2, -0.15) is 0 Å². The van der Waals surface area contributed by atoms with E-state index >= 15 is 0 Å². The van der Waals surface area contributed by atoms with Gasteiger partial charge in [0.2, 0.25) is 5.91 Å². The van der Waals surface area contributed by atoms with Crippen LogP contribution in [0.25, 0.3) is 0 Å². The molecule has 8 heteroatoms. The quantitative estimate of drug-likeness (QED) is 0.440. The van der Waals surface area contributed by atoms with E-state index in [9.17, 15) is 9.59 Å². The Bertz CT molecular complexity index is 1210. The first kappa shape index (κ1) is 25.2. The van der Waals surface area contributed by atoms with E-state index in [1.165, 1.54) is 0 Å². The minimum atomic E-state index is -0.687. The second kappa shape index (κ2) is 11.2. The topological polar surface area (TPSA) is 65.1 Å². The van der Waals surface area contributed by atoms with Crippen LogP contribution in [0.5, 0.6) is 5.75 Å². The summed E-state index contributed by atoms with van der Waals surface area (Å²) in [6, 6.07) is 24.1. The predicted octanol–water partition coefficient (Wildman–Crippen LogP) is 4.33. The third-order valence-corrected chi connectivity index (χ3v) is 6.60. The first-order valence-electron chi connectivity index (χ1n) is 11.8. The summed E-state index contributed by atoms with van der Waals surface area (Å²) in [4.78, 5) is 32.0. The molecular weight excluding hydrogens is 472 g/mol. The molecule has 1 heterocycles. The van der Waals surface area contributed by atoms with Crippen LogP contribution in [0, 0.1) is 0 Å². The molecule has 1 atom stereocenters. The van der Waals surface area contributed by atoms with Crippen molar-refractivity contribution in [3.63, 3.8) is 0 Å². The van der Waals surface area contributed by atoms with Gasteiger partial charge in [0.05, 0.1) is 19.2 Å². The van der Waals surface area contributed by atoms with Crippen LogP contribution in [0.1, 0.15) is 12.0 Å². The molecule has 7 nitrogen and oxygen atoms in total. The van der Waals surface area contributed by atoms with Gasteiger partial charge in [0.15, 0.2) is 5.11 Å². The van der Waals surface area contributed by atoms with E-state index in [0.29, 0.717) is 35.2 Å². The van der Waals surface area contributed by atoms with Gasteiger partial charge in [-0.25, -0.2) is 0 Å². The zero-order valence-electron chi connectivity index (χ0n) is 20.7. The van der Waals surface area contributed by atoms with Crippen LogP contribution in [-0.2, 0) is 16.0 Å². The highest BCUT2D eigenvalue weighted by Gasteiger charge is 2.43. The Hall–Kier alpha value is -3.91. The van der Waals surface area contributed by atoms with Crippen molar-refractivity contribution in [1.82, 2.24) is 4.90 Å². The Morgan fingerprint density at radius 2 is 1.67 bits per heavy atom. The van der Waals surface area contributed by atoms with Crippen molar-refractivity contribution in [3.05, 3.63) is 84.4 Å². The van der Waals surface area contributed by atoms with Crippen molar-refractivity contribution >= 4 is 46.2 Å². The maximum atomic E-state index is 13.6. The summed E-state index contributed by atoms with van der Waals surface area (Å²) in [7, 11) is 5.51. The van der Waals surface area contributed by atoms with Crippen molar-refractivity contribution in [2.45, 2.75) is 18.9 Å². The van der Waals surface area contributed by atoms with Gasteiger partial charge in [0.25, 0.3) is 5.91 Å². The van der Waals surface area contributed by atoms with Crippen molar-refractivity contribution in [1.29, 1.82) is 0 Å². The molecule has 0 bridgehead atoms. The fourth-order valence-corrected chi connectivity index (χ4v) is 4.59. The van der Waals surface area contributed by atoms with E-state index in [-0.39, 0.29) is 18.2 Å². The molecule has 0 aromatic heterocycles. The fraction of sp³-hybridized carbons (Fsp3) is 0.250. The summed E-state index contributed by atoms with van der Waals surface area (Å²) in [6.07, 6.45) is 0.699. The summed E-state index contributed by atoms with van der Waals surface area (Å²) >= 11 is 5.78. The predicted molar refractivity (Wildman–Crippen MR) is 148 cm³/mol.